The van der Waals surface area contributed by atoms with Gasteiger partial charge in [-0.25, -0.2) is 4.79 Å². The van der Waals surface area contributed by atoms with E-state index < -0.39 is 11.7 Å². The summed E-state index contributed by atoms with van der Waals surface area (Å²) in [5.74, 6) is 0.217. The van der Waals surface area contributed by atoms with E-state index >= 15 is 0 Å². The van der Waals surface area contributed by atoms with Crippen LogP contribution in [0.25, 0.3) is 0 Å². The molecule has 0 amide bonds. The van der Waals surface area contributed by atoms with Crippen molar-refractivity contribution in [1.82, 2.24) is 0 Å². The number of hydrogen-bond donors (Lipinski definition) is 1. The molecule has 1 aromatic heterocycles. The Labute approximate surface area is 96.9 Å². The molecule has 2 aromatic rings. The molecule has 1 atom stereocenters. The molecule has 4 heteroatoms. The fourth-order valence-electron chi connectivity index (χ4n) is 1.36. The minimum absolute atomic E-state index is 0.217. The van der Waals surface area contributed by atoms with E-state index in [-0.39, 0.29) is 5.76 Å². The molecule has 1 heterocycles. The number of aliphatic hydroxyl groups is 1. The van der Waals surface area contributed by atoms with E-state index in [1.165, 1.54) is 6.07 Å². The summed E-state index contributed by atoms with van der Waals surface area (Å²) >= 11 is 5.73. The third kappa shape index (κ3) is 2.32. The molecule has 0 saturated carbocycles. The van der Waals surface area contributed by atoms with E-state index in [2.05, 4.69) is 0 Å². The number of halogens is 1. The molecular weight excluding hydrogens is 228 g/mol. The lowest BCUT2D eigenvalue weighted by atomic mass is 10.1. The fraction of sp³-hybridized carbons (Fsp3) is 0.0833. The summed E-state index contributed by atoms with van der Waals surface area (Å²) in [5.41, 5.74) is 0.143. The van der Waals surface area contributed by atoms with Gasteiger partial charge in [0.05, 0.1) is 0 Å². The predicted molar refractivity (Wildman–Crippen MR) is 60.5 cm³/mol. The van der Waals surface area contributed by atoms with E-state index in [0.29, 0.717) is 10.6 Å². The molecule has 0 spiro atoms. The molecule has 1 aromatic carbocycles. The van der Waals surface area contributed by atoms with E-state index in [1.807, 2.05) is 0 Å². The normalized spacial score (nSPS) is 12.4. The van der Waals surface area contributed by atoms with Gasteiger partial charge in [0.1, 0.15) is 11.9 Å². The lowest BCUT2D eigenvalue weighted by Crippen LogP contribution is -2.04. The molecule has 0 aliphatic carbocycles. The van der Waals surface area contributed by atoms with Gasteiger partial charge in [-0.05, 0) is 23.8 Å². The summed E-state index contributed by atoms with van der Waals surface area (Å²) in [5, 5.41) is 10.5. The van der Waals surface area contributed by atoms with Gasteiger partial charge in [-0.3, -0.25) is 0 Å². The molecule has 0 bridgehead atoms. The Hall–Kier alpha value is -1.58. The van der Waals surface area contributed by atoms with Crippen molar-refractivity contribution >= 4 is 11.6 Å². The highest BCUT2D eigenvalue weighted by molar-refractivity contribution is 6.30. The molecule has 82 valence electrons. The van der Waals surface area contributed by atoms with Crippen molar-refractivity contribution < 1.29 is 9.52 Å². The molecular formula is C12H9ClO3. The van der Waals surface area contributed by atoms with E-state index in [0.717, 1.165) is 0 Å². The second-order valence-corrected chi connectivity index (χ2v) is 3.74. The van der Waals surface area contributed by atoms with Crippen LogP contribution in [-0.4, -0.2) is 5.11 Å². The highest BCUT2D eigenvalue weighted by Crippen LogP contribution is 2.22. The molecule has 2 rings (SSSR count). The van der Waals surface area contributed by atoms with Gasteiger partial charge in [-0.15, -0.1) is 0 Å². The molecule has 0 aliphatic rings. The van der Waals surface area contributed by atoms with Gasteiger partial charge >= 0.3 is 5.63 Å². The fourth-order valence-corrected chi connectivity index (χ4v) is 1.49. The van der Waals surface area contributed by atoms with Gasteiger partial charge < -0.3 is 9.52 Å². The first-order valence-electron chi connectivity index (χ1n) is 4.70. The lowest BCUT2D eigenvalue weighted by molar-refractivity contribution is 0.183. The maximum atomic E-state index is 11.0. The summed E-state index contributed by atoms with van der Waals surface area (Å²) in [6.45, 7) is 0. The number of aliphatic hydroxyl groups excluding tert-OH is 1. The summed E-state index contributed by atoms with van der Waals surface area (Å²) in [6.07, 6.45) is -0.953. The molecule has 3 nitrogen and oxygen atoms in total. The van der Waals surface area contributed by atoms with Crippen LogP contribution >= 0.6 is 11.6 Å². The van der Waals surface area contributed by atoms with Crippen LogP contribution in [0.1, 0.15) is 17.4 Å². The SMILES string of the molecule is O=c1cccc(C(O)c2ccc(Cl)cc2)o1. The van der Waals surface area contributed by atoms with Crippen molar-refractivity contribution in [2.75, 3.05) is 0 Å². The Morgan fingerprint density at radius 2 is 1.81 bits per heavy atom. The smallest absolute Gasteiger partial charge is 0.335 e. The number of hydrogen-bond acceptors (Lipinski definition) is 3. The molecule has 0 fully saturated rings. The van der Waals surface area contributed by atoms with Crippen molar-refractivity contribution in [2.45, 2.75) is 6.10 Å². The molecule has 0 saturated heterocycles. The maximum Gasteiger partial charge on any atom is 0.335 e. The van der Waals surface area contributed by atoms with Crippen LogP contribution in [0.5, 0.6) is 0 Å². The third-order valence-electron chi connectivity index (χ3n) is 2.17. The van der Waals surface area contributed by atoms with Crippen LogP contribution in [0.2, 0.25) is 5.02 Å². The van der Waals surface area contributed by atoms with Gasteiger partial charge in [0.15, 0.2) is 0 Å². The first-order valence-corrected chi connectivity index (χ1v) is 5.08. The summed E-state index contributed by atoms with van der Waals surface area (Å²) in [7, 11) is 0. The quantitative estimate of drug-likeness (QED) is 0.871. The molecule has 1 unspecified atom stereocenters. The Balaban J connectivity index is 2.35. The summed E-state index contributed by atoms with van der Waals surface area (Å²) < 4.78 is 4.89. The molecule has 16 heavy (non-hydrogen) atoms. The Morgan fingerprint density at radius 1 is 1.12 bits per heavy atom. The average molecular weight is 237 g/mol. The van der Waals surface area contributed by atoms with Crippen LogP contribution in [0, 0.1) is 0 Å². The first kappa shape index (κ1) is 10.9. The average Bonchev–Trinajstić information content (AvgIpc) is 2.29. The second kappa shape index (κ2) is 4.51. The van der Waals surface area contributed by atoms with Crippen molar-refractivity contribution in [2.24, 2.45) is 0 Å². The third-order valence-corrected chi connectivity index (χ3v) is 2.42. The van der Waals surface area contributed by atoms with Crippen molar-refractivity contribution in [1.29, 1.82) is 0 Å². The second-order valence-electron chi connectivity index (χ2n) is 3.30. The van der Waals surface area contributed by atoms with Gasteiger partial charge in [0.25, 0.3) is 0 Å². The Morgan fingerprint density at radius 3 is 2.44 bits per heavy atom. The van der Waals surface area contributed by atoms with Crippen LogP contribution in [-0.2, 0) is 0 Å². The number of rotatable bonds is 2. The van der Waals surface area contributed by atoms with Gasteiger partial charge in [0, 0.05) is 11.1 Å². The van der Waals surface area contributed by atoms with Gasteiger partial charge in [-0.2, -0.15) is 0 Å². The largest absolute Gasteiger partial charge is 0.425 e. The van der Waals surface area contributed by atoms with E-state index in [9.17, 15) is 9.90 Å². The van der Waals surface area contributed by atoms with Crippen LogP contribution in [0.15, 0.2) is 51.7 Å². The minimum atomic E-state index is -0.953. The van der Waals surface area contributed by atoms with Crippen molar-refractivity contribution in [3.63, 3.8) is 0 Å². The molecule has 0 aliphatic heterocycles. The zero-order valence-corrected chi connectivity index (χ0v) is 9.02. The zero-order valence-electron chi connectivity index (χ0n) is 8.26. The highest BCUT2D eigenvalue weighted by atomic mass is 35.5. The van der Waals surface area contributed by atoms with E-state index in [4.69, 9.17) is 16.0 Å². The zero-order chi connectivity index (χ0) is 11.5. The summed E-state index contributed by atoms with van der Waals surface area (Å²) in [6, 6.07) is 11.1. The predicted octanol–water partition coefficient (Wildman–Crippen LogP) is 2.37. The number of benzene rings is 1. The Bertz CT molecular complexity index is 530. The standard InChI is InChI=1S/C12H9ClO3/c13-9-6-4-8(5-7-9)12(15)10-2-1-3-11(14)16-10/h1-7,12,15H. The van der Waals surface area contributed by atoms with Crippen molar-refractivity contribution in [3.05, 3.63) is 69.2 Å². The first-order chi connectivity index (χ1) is 7.66. The Kier molecular flexibility index (Phi) is 3.08. The van der Waals surface area contributed by atoms with Gasteiger partial charge in [-0.1, -0.05) is 29.8 Å². The maximum absolute atomic E-state index is 11.0. The topological polar surface area (TPSA) is 50.4 Å². The van der Waals surface area contributed by atoms with Gasteiger partial charge in [0.2, 0.25) is 0 Å². The lowest BCUT2D eigenvalue weighted by Gasteiger charge is -2.09. The molecule has 1 N–H and O–H groups in total. The highest BCUT2D eigenvalue weighted by Gasteiger charge is 2.12. The van der Waals surface area contributed by atoms with Crippen molar-refractivity contribution in [3.8, 4) is 0 Å². The monoisotopic (exact) mass is 236 g/mol. The van der Waals surface area contributed by atoms with Crippen LogP contribution in [0.3, 0.4) is 0 Å². The minimum Gasteiger partial charge on any atom is -0.425 e. The van der Waals surface area contributed by atoms with E-state index in [1.54, 1.807) is 36.4 Å². The van der Waals surface area contributed by atoms with Crippen LogP contribution in [0.4, 0.5) is 0 Å². The van der Waals surface area contributed by atoms with Crippen LogP contribution < -0.4 is 5.63 Å². The molecule has 0 radical (unpaired) electrons. The summed E-state index contributed by atoms with van der Waals surface area (Å²) in [4.78, 5) is 11.0.